The number of aromatic nitrogens is 2. The van der Waals surface area contributed by atoms with Crippen LogP contribution < -0.4 is 19.0 Å². The van der Waals surface area contributed by atoms with Crippen molar-refractivity contribution in [1.82, 2.24) is 0 Å². The first kappa shape index (κ1) is 26.7. The number of pyridine rings is 2. The Hall–Kier alpha value is -4.39. The van der Waals surface area contributed by atoms with Crippen LogP contribution in [0.25, 0.3) is 0 Å². The highest BCUT2D eigenvalue weighted by molar-refractivity contribution is 5.79. The number of hydrogen-bond acceptors (Lipinski definition) is 5. The molecular formula is C31H37N7+2. The summed E-state index contributed by atoms with van der Waals surface area (Å²) in [6.45, 7) is 8.20. The second kappa shape index (κ2) is 13.8. The third kappa shape index (κ3) is 7.80. The minimum atomic E-state index is 0.846. The summed E-state index contributed by atoms with van der Waals surface area (Å²) in [4.78, 5) is 2.31. The van der Waals surface area contributed by atoms with Crippen molar-refractivity contribution in [2.24, 2.45) is 15.3 Å². The zero-order chi connectivity index (χ0) is 26.6. The van der Waals surface area contributed by atoms with Gasteiger partial charge in [0.1, 0.15) is 0 Å². The van der Waals surface area contributed by atoms with E-state index < -0.39 is 0 Å². The van der Waals surface area contributed by atoms with Crippen LogP contribution in [-0.2, 0) is 13.1 Å². The molecule has 0 bridgehead atoms. The molecule has 7 nitrogen and oxygen atoms in total. The maximum atomic E-state index is 4.53. The Morgan fingerprint density at radius 3 is 1.79 bits per heavy atom. The first-order valence-corrected chi connectivity index (χ1v) is 13.2. The molecule has 2 heterocycles. The number of para-hydroxylation sites is 1. The maximum absolute atomic E-state index is 4.53. The first-order chi connectivity index (χ1) is 18.6. The largest absolute Gasteiger partial charge is 0.372 e. The van der Waals surface area contributed by atoms with Gasteiger partial charge in [0.25, 0.3) is 0 Å². The average molecular weight is 508 g/mol. The molecule has 0 fully saturated rings. The van der Waals surface area contributed by atoms with Crippen LogP contribution in [0, 0.1) is 0 Å². The Morgan fingerprint density at radius 1 is 0.658 bits per heavy atom. The molecule has 0 spiro atoms. The number of nitrogens with zero attached hydrogens (tertiary/aromatic N) is 7. The lowest BCUT2D eigenvalue weighted by molar-refractivity contribution is -0.726. The van der Waals surface area contributed by atoms with Crippen LogP contribution in [0.5, 0.6) is 0 Å². The van der Waals surface area contributed by atoms with Gasteiger partial charge < -0.3 is 4.90 Å². The predicted molar refractivity (Wildman–Crippen MR) is 155 cm³/mol. The summed E-state index contributed by atoms with van der Waals surface area (Å²) in [7, 11) is 1.95. The molecule has 38 heavy (non-hydrogen) atoms. The molecule has 0 atom stereocenters. The predicted octanol–water partition coefficient (Wildman–Crippen LogP) is 6.08. The van der Waals surface area contributed by atoms with Gasteiger partial charge in [0, 0.05) is 55.7 Å². The molecule has 0 unspecified atom stereocenters. The van der Waals surface area contributed by atoms with Crippen LogP contribution in [0.1, 0.15) is 25.8 Å². The van der Waals surface area contributed by atoms with Gasteiger partial charge in [0.05, 0.1) is 29.7 Å². The Balaban J connectivity index is 1.22. The molecule has 0 saturated heterocycles. The van der Waals surface area contributed by atoms with E-state index in [1.54, 1.807) is 0 Å². The van der Waals surface area contributed by atoms with Crippen molar-refractivity contribution >= 4 is 29.0 Å². The van der Waals surface area contributed by atoms with Gasteiger partial charge >= 0.3 is 0 Å². The lowest BCUT2D eigenvalue weighted by Gasteiger charge is -2.20. The van der Waals surface area contributed by atoms with Crippen molar-refractivity contribution in [3.05, 3.63) is 109 Å². The van der Waals surface area contributed by atoms with E-state index in [0.29, 0.717) is 0 Å². The van der Waals surface area contributed by atoms with Crippen molar-refractivity contribution in [2.75, 3.05) is 30.0 Å². The zero-order valence-corrected chi connectivity index (χ0v) is 22.6. The fraction of sp³-hybridized carbons (Fsp3) is 0.258. The molecule has 2 aromatic heterocycles. The van der Waals surface area contributed by atoms with Crippen LogP contribution in [0.15, 0.2) is 119 Å². The highest BCUT2D eigenvalue weighted by Crippen LogP contribution is 2.21. The fourth-order valence-electron chi connectivity index (χ4n) is 4.10. The number of aryl methyl sites for hydroxylation is 2. The number of hydrazone groups is 1. The quantitative estimate of drug-likeness (QED) is 0.101. The van der Waals surface area contributed by atoms with Gasteiger partial charge in [0.15, 0.2) is 37.9 Å². The van der Waals surface area contributed by atoms with Gasteiger partial charge in [0.2, 0.25) is 0 Å². The SMILES string of the molecule is CCN(CC)c1ccc(N=Nc2cc[n+](CCC[n+]3ccc(C=NN(C)c4ccccc4)cc3)cc2)cc1. The Kier molecular flexibility index (Phi) is 9.68. The number of rotatable bonds is 12. The van der Waals surface area contributed by atoms with Crippen LogP contribution in [0.2, 0.25) is 0 Å². The minimum Gasteiger partial charge on any atom is -0.372 e. The third-order valence-corrected chi connectivity index (χ3v) is 6.39. The van der Waals surface area contributed by atoms with E-state index in [9.17, 15) is 0 Å². The van der Waals surface area contributed by atoms with Crippen LogP contribution in [-0.4, -0.2) is 26.4 Å². The summed E-state index contributed by atoms with van der Waals surface area (Å²) in [5, 5.41) is 15.2. The second-order valence-electron chi connectivity index (χ2n) is 9.01. The van der Waals surface area contributed by atoms with Crippen molar-refractivity contribution < 1.29 is 9.13 Å². The van der Waals surface area contributed by atoms with E-state index in [1.807, 2.05) is 72.9 Å². The van der Waals surface area contributed by atoms with Gasteiger partial charge in [-0.15, -0.1) is 0 Å². The van der Waals surface area contributed by atoms with E-state index in [0.717, 1.165) is 55.2 Å². The molecule has 2 aromatic carbocycles. The van der Waals surface area contributed by atoms with E-state index in [2.05, 4.69) is 92.3 Å². The smallest absolute Gasteiger partial charge is 0.171 e. The Morgan fingerprint density at radius 2 is 1.21 bits per heavy atom. The van der Waals surface area contributed by atoms with Crippen molar-refractivity contribution in [3.63, 3.8) is 0 Å². The molecule has 0 aliphatic rings. The van der Waals surface area contributed by atoms with Gasteiger partial charge in [-0.2, -0.15) is 15.3 Å². The third-order valence-electron chi connectivity index (χ3n) is 6.39. The molecule has 0 aliphatic carbocycles. The van der Waals surface area contributed by atoms with Gasteiger partial charge in [-0.05, 0) is 50.2 Å². The van der Waals surface area contributed by atoms with Gasteiger partial charge in [-0.1, -0.05) is 18.2 Å². The normalized spacial score (nSPS) is 11.3. The molecule has 7 heteroatoms. The summed E-state index contributed by atoms with van der Waals surface area (Å²) in [6, 6.07) is 26.5. The second-order valence-corrected chi connectivity index (χ2v) is 9.01. The highest BCUT2D eigenvalue weighted by atomic mass is 15.4. The molecule has 4 aromatic rings. The molecule has 0 radical (unpaired) electrons. The topological polar surface area (TPSA) is 51.3 Å². The molecular weight excluding hydrogens is 470 g/mol. The van der Waals surface area contributed by atoms with E-state index in [4.69, 9.17) is 0 Å². The molecule has 0 saturated carbocycles. The van der Waals surface area contributed by atoms with E-state index in [-0.39, 0.29) is 0 Å². The fourth-order valence-corrected chi connectivity index (χ4v) is 4.10. The molecule has 0 amide bonds. The lowest BCUT2D eigenvalue weighted by atomic mass is 10.2. The molecule has 0 aliphatic heterocycles. The van der Waals surface area contributed by atoms with Crippen molar-refractivity contribution in [2.45, 2.75) is 33.4 Å². The minimum absolute atomic E-state index is 0.846. The van der Waals surface area contributed by atoms with Gasteiger partial charge in [-0.25, -0.2) is 9.13 Å². The van der Waals surface area contributed by atoms with Gasteiger partial charge in [-0.3, -0.25) is 5.01 Å². The van der Waals surface area contributed by atoms with E-state index in [1.165, 1.54) is 5.69 Å². The summed E-state index contributed by atoms with van der Waals surface area (Å²) in [5.74, 6) is 0. The number of benzene rings is 2. The average Bonchev–Trinajstić information content (AvgIpc) is 2.98. The monoisotopic (exact) mass is 507 g/mol. The Labute approximate surface area is 226 Å². The number of azo groups is 1. The standard InChI is InChI=1S/C31H37N7/c1-4-38(5-2)31-14-12-28(13-15-31)33-34-29-18-24-37(25-19-29)21-9-20-36-22-16-27(17-23-36)26-32-35(3)30-10-7-6-8-11-30/h6-8,10-19,22-26H,4-5,9,20-21H2,1-3H3/q+2. The highest BCUT2D eigenvalue weighted by Gasteiger charge is 2.06. The van der Waals surface area contributed by atoms with E-state index >= 15 is 0 Å². The number of anilines is 2. The first-order valence-electron chi connectivity index (χ1n) is 13.2. The molecule has 4 rings (SSSR count). The number of hydrogen-bond donors (Lipinski definition) is 0. The van der Waals surface area contributed by atoms with Crippen LogP contribution >= 0.6 is 0 Å². The van der Waals surface area contributed by atoms with Crippen LogP contribution in [0.4, 0.5) is 22.7 Å². The zero-order valence-electron chi connectivity index (χ0n) is 22.6. The summed E-state index contributed by atoms with van der Waals surface area (Å²) >= 11 is 0. The van der Waals surface area contributed by atoms with Crippen LogP contribution in [0.3, 0.4) is 0 Å². The van der Waals surface area contributed by atoms with Crippen molar-refractivity contribution in [1.29, 1.82) is 0 Å². The maximum Gasteiger partial charge on any atom is 0.171 e. The van der Waals surface area contributed by atoms with Crippen molar-refractivity contribution in [3.8, 4) is 0 Å². The lowest BCUT2D eigenvalue weighted by Crippen LogP contribution is -2.38. The molecule has 194 valence electrons. The summed E-state index contributed by atoms with van der Waals surface area (Å²) in [5.41, 5.74) is 5.05. The summed E-state index contributed by atoms with van der Waals surface area (Å²) < 4.78 is 4.38. The molecule has 0 N–H and O–H groups in total. The Bertz CT molecular complexity index is 1300. The summed E-state index contributed by atoms with van der Waals surface area (Å²) in [6.07, 6.45) is 11.2.